The maximum absolute atomic E-state index is 14.8. The van der Waals surface area contributed by atoms with Crippen LogP contribution in [-0.2, 0) is 6.54 Å². The lowest BCUT2D eigenvalue weighted by Gasteiger charge is -2.21. The van der Waals surface area contributed by atoms with Crippen LogP contribution in [0, 0.1) is 23.0 Å². The van der Waals surface area contributed by atoms with E-state index < -0.39 is 11.6 Å². The average Bonchev–Trinajstić information content (AvgIpc) is 3.49. The van der Waals surface area contributed by atoms with E-state index in [-0.39, 0.29) is 25.3 Å². The van der Waals surface area contributed by atoms with E-state index in [1.807, 2.05) is 35.3 Å². The summed E-state index contributed by atoms with van der Waals surface area (Å²) in [5.74, 6) is -1.48. The molecule has 2 atom stereocenters. The third-order valence-electron chi connectivity index (χ3n) is 5.76. The first-order valence-electron chi connectivity index (χ1n) is 10.7. The summed E-state index contributed by atoms with van der Waals surface area (Å²) in [6, 6.07) is 13.2. The van der Waals surface area contributed by atoms with Crippen LogP contribution in [0.5, 0.6) is 0 Å². The fourth-order valence-electron chi connectivity index (χ4n) is 3.74. The molecule has 0 aliphatic heterocycles. The second-order valence-corrected chi connectivity index (χ2v) is 9.22. The summed E-state index contributed by atoms with van der Waals surface area (Å²) in [4.78, 5) is 4.79. The van der Waals surface area contributed by atoms with Crippen molar-refractivity contribution in [2.45, 2.75) is 52.6 Å². The van der Waals surface area contributed by atoms with Gasteiger partial charge in [0.15, 0.2) is 0 Å². The smallest absolute Gasteiger partial charge is 0.241 e. The van der Waals surface area contributed by atoms with Crippen molar-refractivity contribution in [3.8, 4) is 17.3 Å². The SMILES string of the molecule is C.CC(c1nc(-c2ccc(C#N)cc2)cs1)C(Cn1c[n+](C(C)C)cn1)c1cc(F)ccc1F. The molecule has 2 heterocycles. The van der Waals surface area contributed by atoms with Crippen LogP contribution in [0.1, 0.15) is 62.2 Å². The molecule has 0 N–H and O–H groups in total. The van der Waals surface area contributed by atoms with Gasteiger partial charge in [-0.25, -0.2) is 18.3 Å². The van der Waals surface area contributed by atoms with Crippen molar-refractivity contribution < 1.29 is 13.3 Å². The Balaban J connectivity index is 0.00000324. The number of hydrogen-bond donors (Lipinski definition) is 0. The van der Waals surface area contributed by atoms with Gasteiger partial charge in [0.2, 0.25) is 6.33 Å². The summed E-state index contributed by atoms with van der Waals surface area (Å²) in [5.41, 5.74) is 2.59. The number of nitrogens with zero attached hydrogens (tertiary/aromatic N) is 5. The van der Waals surface area contributed by atoms with Crippen molar-refractivity contribution in [2.75, 3.05) is 0 Å². The zero-order chi connectivity index (χ0) is 23.5. The van der Waals surface area contributed by atoms with Gasteiger partial charge in [0.1, 0.15) is 18.2 Å². The van der Waals surface area contributed by atoms with Crippen LogP contribution in [0.3, 0.4) is 0 Å². The second kappa shape index (κ2) is 10.7. The molecular weight excluding hydrogens is 452 g/mol. The Bertz CT molecular complexity index is 1290. The van der Waals surface area contributed by atoms with E-state index in [0.29, 0.717) is 17.7 Å². The van der Waals surface area contributed by atoms with Gasteiger partial charge in [-0.3, -0.25) is 0 Å². The minimum absolute atomic E-state index is 0. The third kappa shape index (κ3) is 5.37. The number of halogens is 2. The number of aromatic nitrogens is 4. The van der Waals surface area contributed by atoms with Crippen molar-refractivity contribution in [3.63, 3.8) is 0 Å². The monoisotopic (exact) mass is 480 g/mol. The van der Waals surface area contributed by atoms with Crippen LogP contribution in [0.25, 0.3) is 11.3 Å². The summed E-state index contributed by atoms with van der Waals surface area (Å²) >= 11 is 1.49. The Hall–Kier alpha value is -3.44. The lowest BCUT2D eigenvalue weighted by molar-refractivity contribution is -0.717. The van der Waals surface area contributed by atoms with Gasteiger partial charge in [-0.15, -0.1) is 16.0 Å². The van der Waals surface area contributed by atoms with Crippen LogP contribution in [0.2, 0.25) is 0 Å². The number of rotatable bonds is 7. The van der Waals surface area contributed by atoms with Gasteiger partial charge in [-0.1, -0.05) is 26.5 Å². The fraction of sp³-hybridized carbons (Fsp3) is 0.308. The topological polar surface area (TPSA) is 58.4 Å². The Kier molecular flexibility index (Phi) is 7.90. The summed E-state index contributed by atoms with van der Waals surface area (Å²) < 4.78 is 32.6. The van der Waals surface area contributed by atoms with Crippen LogP contribution in [-0.4, -0.2) is 14.8 Å². The van der Waals surface area contributed by atoms with Crippen molar-refractivity contribution in [3.05, 3.63) is 88.3 Å². The van der Waals surface area contributed by atoms with Crippen molar-refractivity contribution in [1.82, 2.24) is 14.8 Å². The molecule has 4 aromatic rings. The maximum Gasteiger partial charge on any atom is 0.265 e. The normalized spacial score (nSPS) is 12.7. The van der Waals surface area contributed by atoms with Crippen molar-refractivity contribution >= 4 is 11.3 Å². The van der Waals surface area contributed by atoms with Gasteiger partial charge in [0.25, 0.3) is 6.33 Å². The number of hydrogen-bond acceptors (Lipinski definition) is 4. The van der Waals surface area contributed by atoms with E-state index in [9.17, 15) is 8.78 Å². The van der Waals surface area contributed by atoms with Crippen LogP contribution < -0.4 is 4.57 Å². The van der Waals surface area contributed by atoms with E-state index >= 15 is 0 Å². The first-order chi connectivity index (χ1) is 15.9. The van der Waals surface area contributed by atoms with Gasteiger partial charge in [-0.2, -0.15) is 5.26 Å². The Morgan fingerprint density at radius 2 is 1.85 bits per heavy atom. The lowest BCUT2D eigenvalue weighted by Crippen LogP contribution is -2.33. The average molecular weight is 481 g/mol. The van der Waals surface area contributed by atoms with E-state index in [2.05, 4.69) is 25.0 Å². The number of thiazole rings is 1. The van der Waals surface area contributed by atoms with Crippen molar-refractivity contribution in [1.29, 1.82) is 5.26 Å². The molecule has 0 aliphatic carbocycles. The molecule has 2 aromatic carbocycles. The standard InChI is InChI=1S/C25H24F2N5S.CH4/c1-16(2)31-14-29-32(15-31)12-22(21-10-20(26)8-9-23(21)27)17(3)25-30-24(13-33-25)19-6-4-18(11-28)5-7-19;/h4-10,13-17,22H,12H2,1-3H3;1H4/q+1;. The molecule has 0 spiro atoms. The molecule has 34 heavy (non-hydrogen) atoms. The van der Waals surface area contributed by atoms with Gasteiger partial charge in [0.05, 0.1) is 28.4 Å². The minimum atomic E-state index is -0.473. The summed E-state index contributed by atoms with van der Waals surface area (Å²) in [5, 5.41) is 16.2. The molecule has 8 heteroatoms. The molecule has 2 unspecified atom stereocenters. The van der Waals surface area contributed by atoms with Gasteiger partial charge in [-0.05, 0) is 49.7 Å². The van der Waals surface area contributed by atoms with Gasteiger partial charge >= 0.3 is 0 Å². The highest BCUT2D eigenvalue weighted by Crippen LogP contribution is 2.38. The molecule has 0 aliphatic rings. The molecule has 5 nitrogen and oxygen atoms in total. The Morgan fingerprint density at radius 1 is 1.12 bits per heavy atom. The largest absolute Gasteiger partial charge is 0.265 e. The molecule has 0 amide bonds. The second-order valence-electron chi connectivity index (χ2n) is 8.33. The molecule has 2 aromatic heterocycles. The van der Waals surface area contributed by atoms with E-state index in [1.54, 1.807) is 23.1 Å². The third-order valence-corrected chi connectivity index (χ3v) is 6.81. The summed E-state index contributed by atoms with van der Waals surface area (Å²) in [7, 11) is 0. The summed E-state index contributed by atoms with van der Waals surface area (Å²) in [6.07, 6.45) is 3.62. The lowest BCUT2D eigenvalue weighted by atomic mass is 9.87. The predicted octanol–water partition coefficient (Wildman–Crippen LogP) is 6.25. The Morgan fingerprint density at radius 3 is 2.50 bits per heavy atom. The predicted molar refractivity (Wildman–Crippen MR) is 129 cm³/mol. The molecule has 0 saturated heterocycles. The fourth-order valence-corrected chi connectivity index (χ4v) is 4.69. The molecular formula is C26H28F2N5S+. The highest BCUT2D eigenvalue weighted by atomic mass is 32.1. The summed E-state index contributed by atoms with van der Waals surface area (Å²) in [6.45, 7) is 6.47. The van der Waals surface area contributed by atoms with E-state index in [4.69, 9.17) is 10.2 Å². The zero-order valence-corrected chi connectivity index (χ0v) is 19.4. The van der Waals surface area contributed by atoms with Crippen molar-refractivity contribution in [2.24, 2.45) is 0 Å². The van der Waals surface area contributed by atoms with Gasteiger partial charge in [0, 0.05) is 27.9 Å². The molecule has 0 radical (unpaired) electrons. The number of nitriles is 1. The van der Waals surface area contributed by atoms with Gasteiger partial charge < -0.3 is 0 Å². The minimum Gasteiger partial charge on any atom is -0.241 e. The zero-order valence-electron chi connectivity index (χ0n) is 18.6. The molecule has 0 saturated carbocycles. The van der Waals surface area contributed by atoms with Crippen LogP contribution in [0.15, 0.2) is 60.5 Å². The van der Waals surface area contributed by atoms with Crippen LogP contribution >= 0.6 is 11.3 Å². The molecule has 4 rings (SSSR count). The molecule has 176 valence electrons. The highest BCUT2D eigenvalue weighted by Gasteiger charge is 2.29. The van der Waals surface area contributed by atoms with E-state index in [0.717, 1.165) is 22.3 Å². The Labute approximate surface area is 203 Å². The molecule has 0 bridgehead atoms. The maximum atomic E-state index is 14.8. The van der Waals surface area contributed by atoms with E-state index in [1.165, 1.54) is 23.5 Å². The quantitative estimate of drug-likeness (QED) is 0.294. The van der Waals surface area contributed by atoms with Crippen LogP contribution in [0.4, 0.5) is 8.78 Å². The number of benzene rings is 2. The first-order valence-corrected chi connectivity index (χ1v) is 11.6. The molecule has 0 fully saturated rings. The first kappa shape index (κ1) is 25.2. The highest BCUT2D eigenvalue weighted by molar-refractivity contribution is 7.10.